The first-order valence-corrected chi connectivity index (χ1v) is 7.27. The molecule has 1 aliphatic carbocycles. The summed E-state index contributed by atoms with van der Waals surface area (Å²) in [6, 6.07) is 0. The van der Waals surface area contributed by atoms with E-state index in [1.165, 1.54) is 42.6 Å². The van der Waals surface area contributed by atoms with Crippen LogP contribution in [0.15, 0.2) is 5.38 Å². The molecule has 1 aromatic rings. The molecule has 2 rings (SSSR count). The third-order valence-electron chi connectivity index (χ3n) is 3.41. The third kappa shape index (κ3) is 2.63. The monoisotopic (exact) mass is 252 g/mol. The standard InChI is InChI=1S/C13H20N2OS/c1-2-7-15-13(16)11-10(8-17-12(11)14)9-5-3-4-6-9/h8-9H,2-7,14H2,1H3,(H,15,16). The summed E-state index contributed by atoms with van der Waals surface area (Å²) in [6.07, 6.45) is 5.90. The van der Waals surface area contributed by atoms with Crippen LogP contribution in [0, 0.1) is 0 Å². The fraction of sp³-hybridized carbons (Fsp3) is 0.615. The highest BCUT2D eigenvalue weighted by Crippen LogP contribution is 2.39. The number of hydrogen-bond donors (Lipinski definition) is 2. The summed E-state index contributed by atoms with van der Waals surface area (Å²) >= 11 is 1.50. The zero-order valence-electron chi connectivity index (χ0n) is 10.3. The van der Waals surface area contributed by atoms with Gasteiger partial charge in [0.2, 0.25) is 0 Å². The third-order valence-corrected chi connectivity index (χ3v) is 4.24. The first-order chi connectivity index (χ1) is 8.24. The van der Waals surface area contributed by atoms with Crippen LogP contribution in [0.1, 0.15) is 60.9 Å². The summed E-state index contributed by atoms with van der Waals surface area (Å²) in [6.45, 7) is 2.77. The molecular weight excluding hydrogens is 232 g/mol. The first kappa shape index (κ1) is 12.4. The summed E-state index contributed by atoms with van der Waals surface area (Å²) in [7, 11) is 0. The zero-order chi connectivity index (χ0) is 12.3. The molecular formula is C13H20N2OS. The maximum absolute atomic E-state index is 12.1. The molecule has 1 amide bonds. The molecule has 0 atom stereocenters. The number of anilines is 1. The van der Waals surface area contributed by atoms with Crippen molar-refractivity contribution in [2.45, 2.75) is 44.9 Å². The topological polar surface area (TPSA) is 55.1 Å². The minimum absolute atomic E-state index is 0.00694. The fourth-order valence-corrected chi connectivity index (χ4v) is 3.39. The largest absolute Gasteiger partial charge is 0.390 e. The van der Waals surface area contributed by atoms with E-state index in [0.717, 1.165) is 18.5 Å². The molecule has 0 saturated heterocycles. The van der Waals surface area contributed by atoms with Gasteiger partial charge in [0.15, 0.2) is 0 Å². The number of amides is 1. The van der Waals surface area contributed by atoms with Crippen molar-refractivity contribution in [1.29, 1.82) is 0 Å². The van der Waals surface area contributed by atoms with E-state index in [0.29, 0.717) is 10.9 Å². The summed E-state index contributed by atoms with van der Waals surface area (Å²) < 4.78 is 0. The second-order valence-corrected chi connectivity index (χ2v) is 5.58. The molecule has 0 bridgehead atoms. The Kier molecular flexibility index (Phi) is 4.05. The summed E-state index contributed by atoms with van der Waals surface area (Å²) in [5.41, 5.74) is 7.86. The number of hydrogen-bond acceptors (Lipinski definition) is 3. The predicted octanol–water partition coefficient (Wildman–Crippen LogP) is 3.13. The van der Waals surface area contributed by atoms with Crippen LogP contribution in [0.25, 0.3) is 0 Å². The van der Waals surface area contributed by atoms with Gasteiger partial charge in [-0.3, -0.25) is 4.79 Å². The molecule has 17 heavy (non-hydrogen) atoms. The van der Waals surface area contributed by atoms with Gasteiger partial charge in [0, 0.05) is 6.54 Å². The Labute approximate surface area is 106 Å². The lowest BCUT2D eigenvalue weighted by Gasteiger charge is -2.11. The molecule has 0 aromatic carbocycles. The second kappa shape index (κ2) is 5.54. The van der Waals surface area contributed by atoms with Gasteiger partial charge in [-0.25, -0.2) is 0 Å². The fourth-order valence-electron chi connectivity index (χ4n) is 2.49. The average Bonchev–Trinajstić information content (AvgIpc) is 2.94. The second-order valence-electron chi connectivity index (χ2n) is 4.67. The molecule has 3 nitrogen and oxygen atoms in total. The highest BCUT2D eigenvalue weighted by Gasteiger charge is 2.25. The van der Waals surface area contributed by atoms with E-state index in [1.807, 2.05) is 0 Å². The van der Waals surface area contributed by atoms with Crippen LogP contribution < -0.4 is 11.1 Å². The Morgan fingerprint density at radius 3 is 2.88 bits per heavy atom. The number of nitrogens with two attached hydrogens (primary N) is 1. The highest BCUT2D eigenvalue weighted by molar-refractivity contribution is 7.14. The number of nitrogens with one attached hydrogen (secondary N) is 1. The van der Waals surface area contributed by atoms with Crippen molar-refractivity contribution in [2.24, 2.45) is 0 Å². The molecule has 1 heterocycles. The van der Waals surface area contributed by atoms with Crippen LogP contribution in [0.5, 0.6) is 0 Å². The lowest BCUT2D eigenvalue weighted by Crippen LogP contribution is -2.25. The summed E-state index contributed by atoms with van der Waals surface area (Å²) in [5.74, 6) is 0.554. The Morgan fingerprint density at radius 2 is 2.24 bits per heavy atom. The van der Waals surface area contributed by atoms with Gasteiger partial charge in [0.1, 0.15) is 0 Å². The molecule has 0 spiro atoms. The van der Waals surface area contributed by atoms with Gasteiger partial charge in [0.05, 0.1) is 10.6 Å². The van der Waals surface area contributed by atoms with Crippen molar-refractivity contribution in [2.75, 3.05) is 12.3 Å². The van der Waals surface area contributed by atoms with E-state index in [1.54, 1.807) is 0 Å². The maximum atomic E-state index is 12.1. The average molecular weight is 252 g/mol. The SMILES string of the molecule is CCCNC(=O)c1c(C2CCCC2)csc1N. The Morgan fingerprint density at radius 1 is 1.53 bits per heavy atom. The van der Waals surface area contributed by atoms with E-state index < -0.39 is 0 Å². The van der Waals surface area contributed by atoms with Crippen LogP contribution in [0.2, 0.25) is 0 Å². The lowest BCUT2D eigenvalue weighted by molar-refractivity contribution is 0.0953. The molecule has 1 saturated carbocycles. The molecule has 0 unspecified atom stereocenters. The van der Waals surface area contributed by atoms with Crippen molar-refractivity contribution >= 4 is 22.2 Å². The van der Waals surface area contributed by atoms with Crippen LogP contribution in [0.3, 0.4) is 0 Å². The molecule has 3 N–H and O–H groups in total. The van der Waals surface area contributed by atoms with Gasteiger partial charge in [-0.15, -0.1) is 11.3 Å². The molecule has 0 aliphatic heterocycles. The maximum Gasteiger partial charge on any atom is 0.254 e. The highest BCUT2D eigenvalue weighted by atomic mass is 32.1. The van der Waals surface area contributed by atoms with Crippen molar-refractivity contribution in [3.05, 3.63) is 16.5 Å². The number of thiophene rings is 1. The van der Waals surface area contributed by atoms with E-state index in [2.05, 4.69) is 17.6 Å². The molecule has 1 fully saturated rings. The van der Waals surface area contributed by atoms with Crippen LogP contribution >= 0.6 is 11.3 Å². The number of carbonyl (C=O) groups excluding carboxylic acids is 1. The van der Waals surface area contributed by atoms with Gasteiger partial charge in [-0.2, -0.15) is 0 Å². The van der Waals surface area contributed by atoms with E-state index >= 15 is 0 Å². The quantitative estimate of drug-likeness (QED) is 0.865. The van der Waals surface area contributed by atoms with Crippen LogP contribution in [-0.4, -0.2) is 12.5 Å². The predicted molar refractivity (Wildman–Crippen MR) is 72.6 cm³/mol. The van der Waals surface area contributed by atoms with Gasteiger partial charge in [0.25, 0.3) is 5.91 Å². The number of rotatable bonds is 4. The van der Waals surface area contributed by atoms with Crippen molar-refractivity contribution in [3.63, 3.8) is 0 Å². The van der Waals surface area contributed by atoms with E-state index in [9.17, 15) is 4.79 Å². The van der Waals surface area contributed by atoms with Crippen LogP contribution in [0.4, 0.5) is 5.00 Å². The van der Waals surface area contributed by atoms with Gasteiger partial charge < -0.3 is 11.1 Å². The Hall–Kier alpha value is -1.03. The van der Waals surface area contributed by atoms with E-state index in [4.69, 9.17) is 5.73 Å². The van der Waals surface area contributed by atoms with Gasteiger partial charge >= 0.3 is 0 Å². The molecule has 0 radical (unpaired) electrons. The van der Waals surface area contributed by atoms with Crippen molar-refractivity contribution < 1.29 is 4.79 Å². The molecule has 94 valence electrons. The number of nitrogen functional groups attached to an aromatic ring is 1. The summed E-state index contributed by atoms with van der Waals surface area (Å²) in [4.78, 5) is 12.1. The lowest BCUT2D eigenvalue weighted by atomic mass is 9.96. The van der Waals surface area contributed by atoms with Gasteiger partial charge in [-0.1, -0.05) is 19.8 Å². The smallest absolute Gasteiger partial charge is 0.254 e. The first-order valence-electron chi connectivity index (χ1n) is 6.39. The van der Waals surface area contributed by atoms with Gasteiger partial charge in [-0.05, 0) is 36.1 Å². The molecule has 4 heteroatoms. The molecule has 1 aliphatic rings. The minimum atomic E-state index is 0.00694. The normalized spacial score (nSPS) is 16.3. The van der Waals surface area contributed by atoms with Crippen LogP contribution in [-0.2, 0) is 0 Å². The van der Waals surface area contributed by atoms with E-state index in [-0.39, 0.29) is 5.91 Å². The number of carbonyl (C=O) groups is 1. The molecule has 1 aromatic heterocycles. The van der Waals surface area contributed by atoms with Crippen molar-refractivity contribution in [1.82, 2.24) is 5.32 Å². The Balaban J connectivity index is 2.19. The Bertz CT molecular complexity index is 394. The summed E-state index contributed by atoms with van der Waals surface area (Å²) in [5, 5.41) is 5.67. The van der Waals surface area contributed by atoms with Crippen molar-refractivity contribution in [3.8, 4) is 0 Å². The minimum Gasteiger partial charge on any atom is -0.390 e. The zero-order valence-corrected chi connectivity index (χ0v) is 11.1.